The van der Waals surface area contributed by atoms with Crippen LogP contribution in [-0.4, -0.2) is 23.6 Å². The van der Waals surface area contributed by atoms with Crippen LogP contribution in [0.3, 0.4) is 0 Å². The highest BCUT2D eigenvalue weighted by atomic mass is 32.2. The Morgan fingerprint density at radius 1 is 1.05 bits per heavy atom. The van der Waals surface area contributed by atoms with Crippen molar-refractivity contribution in [3.05, 3.63) is 71.3 Å². The van der Waals surface area contributed by atoms with Crippen molar-refractivity contribution in [1.29, 1.82) is 0 Å². The maximum atomic E-state index is 12.0. The Hall–Kier alpha value is -2.07. The summed E-state index contributed by atoms with van der Waals surface area (Å²) in [5, 5.41) is 4.29. The molecule has 21 heavy (non-hydrogen) atoms. The number of nitrogens with zero attached hydrogens (tertiary/aromatic N) is 1. The lowest BCUT2D eigenvalue weighted by Crippen LogP contribution is -2.21. The average molecular weight is 298 g/mol. The molecular weight excluding hydrogens is 280 g/mol. The lowest BCUT2D eigenvalue weighted by Gasteiger charge is -2.07. The number of hydrogen-bond donors (Lipinski definition) is 1. The smallest absolute Gasteiger partial charge is 0.267 e. The highest BCUT2D eigenvalue weighted by Gasteiger charge is 2.06. The maximum absolute atomic E-state index is 12.0. The molecule has 0 saturated heterocycles. The molecule has 1 amide bonds. The molecule has 2 rings (SSSR count). The van der Waals surface area contributed by atoms with E-state index in [0.717, 1.165) is 17.0 Å². The van der Waals surface area contributed by atoms with E-state index in [1.165, 1.54) is 5.56 Å². The number of amides is 1. The SMILES string of the molecule is CSCC(=NNC(=O)c1ccccc1)c1ccc(C)cc1. The van der Waals surface area contributed by atoms with Crippen molar-refractivity contribution in [2.45, 2.75) is 6.92 Å². The first kappa shape index (κ1) is 15.3. The second-order valence-electron chi connectivity index (χ2n) is 4.66. The Bertz CT molecular complexity index is 621. The Labute approximate surface area is 129 Å². The van der Waals surface area contributed by atoms with Gasteiger partial charge in [-0.3, -0.25) is 4.79 Å². The molecule has 0 radical (unpaired) electrons. The summed E-state index contributed by atoms with van der Waals surface area (Å²) in [5.74, 6) is 0.555. The maximum Gasteiger partial charge on any atom is 0.271 e. The molecular formula is C17H18N2OS. The molecule has 1 N–H and O–H groups in total. The van der Waals surface area contributed by atoms with Crippen molar-refractivity contribution in [2.75, 3.05) is 12.0 Å². The van der Waals surface area contributed by atoms with E-state index in [-0.39, 0.29) is 5.91 Å². The molecule has 0 aromatic heterocycles. The topological polar surface area (TPSA) is 41.5 Å². The molecule has 108 valence electrons. The lowest BCUT2D eigenvalue weighted by atomic mass is 10.1. The van der Waals surface area contributed by atoms with Gasteiger partial charge in [-0.05, 0) is 30.9 Å². The molecule has 0 bridgehead atoms. The van der Waals surface area contributed by atoms with Crippen molar-refractivity contribution in [1.82, 2.24) is 5.43 Å². The molecule has 0 saturated carbocycles. The first-order valence-corrected chi connectivity index (χ1v) is 8.08. The van der Waals surface area contributed by atoms with Gasteiger partial charge >= 0.3 is 0 Å². The van der Waals surface area contributed by atoms with Gasteiger partial charge in [0.25, 0.3) is 5.91 Å². The summed E-state index contributed by atoms with van der Waals surface area (Å²) in [6.07, 6.45) is 2.02. The Kier molecular flexibility index (Phi) is 5.58. The van der Waals surface area contributed by atoms with Gasteiger partial charge in [0.1, 0.15) is 0 Å². The van der Waals surface area contributed by atoms with Gasteiger partial charge in [-0.2, -0.15) is 16.9 Å². The second-order valence-corrected chi connectivity index (χ2v) is 5.53. The van der Waals surface area contributed by atoms with Crippen molar-refractivity contribution in [3.63, 3.8) is 0 Å². The monoisotopic (exact) mass is 298 g/mol. The second kappa shape index (κ2) is 7.64. The largest absolute Gasteiger partial charge is 0.271 e. The van der Waals surface area contributed by atoms with E-state index in [0.29, 0.717) is 5.56 Å². The predicted molar refractivity (Wildman–Crippen MR) is 90.0 cm³/mol. The number of thioether (sulfide) groups is 1. The van der Waals surface area contributed by atoms with Gasteiger partial charge in [-0.25, -0.2) is 5.43 Å². The number of carbonyl (C=O) groups is 1. The summed E-state index contributed by atoms with van der Waals surface area (Å²) < 4.78 is 0. The van der Waals surface area contributed by atoms with Gasteiger partial charge in [-0.15, -0.1) is 0 Å². The first-order chi connectivity index (χ1) is 10.2. The number of hydrazone groups is 1. The van der Waals surface area contributed by atoms with Crippen LogP contribution in [0.25, 0.3) is 0 Å². The normalized spacial score (nSPS) is 11.2. The Balaban J connectivity index is 2.14. The molecule has 0 aliphatic carbocycles. The van der Waals surface area contributed by atoms with Crippen LogP contribution < -0.4 is 5.43 Å². The van der Waals surface area contributed by atoms with Gasteiger partial charge in [0.05, 0.1) is 5.71 Å². The molecule has 4 heteroatoms. The summed E-state index contributed by atoms with van der Waals surface area (Å²) >= 11 is 1.67. The van der Waals surface area contributed by atoms with Gasteiger partial charge in [-0.1, -0.05) is 48.0 Å². The lowest BCUT2D eigenvalue weighted by molar-refractivity contribution is 0.0955. The van der Waals surface area contributed by atoms with Crippen molar-refractivity contribution >= 4 is 23.4 Å². The van der Waals surface area contributed by atoms with Crippen molar-refractivity contribution in [2.24, 2.45) is 5.10 Å². The fourth-order valence-corrected chi connectivity index (χ4v) is 2.34. The quantitative estimate of drug-likeness (QED) is 0.678. The van der Waals surface area contributed by atoms with Crippen LogP contribution >= 0.6 is 11.8 Å². The molecule has 0 unspecified atom stereocenters. The van der Waals surface area contributed by atoms with Crippen LogP contribution in [0, 0.1) is 6.92 Å². The van der Waals surface area contributed by atoms with Crippen LogP contribution in [0.1, 0.15) is 21.5 Å². The zero-order valence-corrected chi connectivity index (χ0v) is 13.0. The van der Waals surface area contributed by atoms with Gasteiger partial charge in [0.2, 0.25) is 0 Å². The van der Waals surface area contributed by atoms with Gasteiger partial charge in [0, 0.05) is 11.3 Å². The van der Waals surface area contributed by atoms with E-state index in [4.69, 9.17) is 0 Å². The first-order valence-electron chi connectivity index (χ1n) is 6.68. The summed E-state index contributed by atoms with van der Waals surface area (Å²) in [6, 6.07) is 17.2. The number of aryl methyl sites for hydroxylation is 1. The third-order valence-electron chi connectivity index (χ3n) is 2.99. The van der Waals surface area contributed by atoms with E-state index in [1.54, 1.807) is 23.9 Å². The van der Waals surface area contributed by atoms with E-state index < -0.39 is 0 Å². The van der Waals surface area contributed by atoms with Gasteiger partial charge < -0.3 is 0 Å². The number of benzene rings is 2. The third-order valence-corrected chi connectivity index (χ3v) is 3.56. The van der Waals surface area contributed by atoms with Crippen molar-refractivity contribution in [3.8, 4) is 0 Å². The van der Waals surface area contributed by atoms with E-state index >= 15 is 0 Å². The number of rotatable bonds is 5. The summed E-state index contributed by atoms with van der Waals surface area (Å²) in [5.41, 5.74) is 6.34. The van der Waals surface area contributed by atoms with Crippen LogP contribution in [0.2, 0.25) is 0 Å². The Morgan fingerprint density at radius 2 is 1.71 bits per heavy atom. The van der Waals surface area contributed by atoms with Crippen molar-refractivity contribution < 1.29 is 4.79 Å². The Morgan fingerprint density at radius 3 is 2.33 bits per heavy atom. The highest BCUT2D eigenvalue weighted by molar-refractivity contribution is 7.99. The highest BCUT2D eigenvalue weighted by Crippen LogP contribution is 2.08. The van der Waals surface area contributed by atoms with Crippen LogP contribution in [0.4, 0.5) is 0 Å². The number of carbonyl (C=O) groups excluding carboxylic acids is 1. The van der Waals surface area contributed by atoms with E-state index in [9.17, 15) is 4.79 Å². The van der Waals surface area contributed by atoms with Gasteiger partial charge in [0.15, 0.2) is 0 Å². The molecule has 0 aliphatic rings. The van der Waals surface area contributed by atoms with E-state index in [1.807, 2.05) is 55.6 Å². The van der Waals surface area contributed by atoms with Crippen LogP contribution in [0.15, 0.2) is 59.7 Å². The average Bonchev–Trinajstić information content (AvgIpc) is 2.53. The summed E-state index contributed by atoms with van der Waals surface area (Å²) in [6.45, 7) is 2.05. The predicted octanol–water partition coefficient (Wildman–Crippen LogP) is 3.49. The minimum atomic E-state index is -0.193. The minimum absolute atomic E-state index is 0.193. The van der Waals surface area contributed by atoms with E-state index in [2.05, 4.69) is 10.5 Å². The molecule has 0 aliphatic heterocycles. The molecule has 0 heterocycles. The summed E-state index contributed by atoms with van der Waals surface area (Å²) in [4.78, 5) is 12.0. The molecule has 0 fully saturated rings. The minimum Gasteiger partial charge on any atom is -0.267 e. The molecule has 2 aromatic rings. The summed E-state index contributed by atoms with van der Waals surface area (Å²) in [7, 11) is 0. The third kappa shape index (κ3) is 4.46. The van der Waals surface area contributed by atoms with Crippen LogP contribution in [-0.2, 0) is 0 Å². The number of nitrogens with one attached hydrogen (secondary N) is 1. The molecule has 0 spiro atoms. The standard InChI is InChI=1S/C17H18N2OS/c1-13-8-10-14(11-9-13)16(12-21-2)18-19-17(20)15-6-4-3-5-7-15/h3-11H,12H2,1-2H3,(H,19,20). The molecule has 0 atom stereocenters. The molecule has 3 nitrogen and oxygen atoms in total. The molecule has 2 aromatic carbocycles. The van der Waals surface area contributed by atoms with Crippen LogP contribution in [0.5, 0.6) is 0 Å². The fraction of sp³-hybridized carbons (Fsp3) is 0.176. The zero-order valence-electron chi connectivity index (χ0n) is 12.2. The number of hydrogen-bond acceptors (Lipinski definition) is 3. The fourth-order valence-electron chi connectivity index (χ4n) is 1.84. The zero-order chi connectivity index (χ0) is 15.1.